The number of hydrogen-bond acceptors (Lipinski definition) is 7. The molecule has 1 saturated heterocycles. The molecule has 0 aliphatic carbocycles. The molecule has 0 radical (unpaired) electrons. The number of rotatable bonds is 4. The average molecular weight is 516 g/mol. The minimum absolute atomic E-state index is 0.155. The molecule has 3 heterocycles. The maximum atomic E-state index is 14.0. The van der Waals surface area contributed by atoms with Gasteiger partial charge in [-0.1, -0.05) is 23.5 Å². The lowest BCUT2D eigenvalue weighted by Gasteiger charge is -2.17. The summed E-state index contributed by atoms with van der Waals surface area (Å²) in [5.74, 6) is -2.27. The molecule has 8 nitrogen and oxygen atoms in total. The molecule has 3 aromatic rings. The van der Waals surface area contributed by atoms with Crippen LogP contribution in [-0.4, -0.2) is 39.5 Å². The van der Waals surface area contributed by atoms with E-state index in [0.717, 1.165) is 12.1 Å². The van der Waals surface area contributed by atoms with Crippen LogP contribution in [0.5, 0.6) is 0 Å². The maximum Gasteiger partial charge on any atom is 0.419 e. The molecular formula is C21H21F5N6O2S. The summed E-state index contributed by atoms with van der Waals surface area (Å²) in [6.45, 7) is -0.220. The highest BCUT2D eigenvalue weighted by atomic mass is 32.1. The number of ether oxygens (including phenoxy) is 1. The number of aromatic nitrogens is 3. The number of carbonyl (C=O) groups excluding carboxylic acids is 1. The normalized spacial score (nSPS) is 21.1. The third-order valence-electron chi connectivity index (χ3n) is 5.62. The minimum atomic E-state index is -4.98. The Balaban J connectivity index is 1.62. The quantitative estimate of drug-likeness (QED) is 0.450. The molecule has 1 aromatic carbocycles. The topological polar surface area (TPSA) is 121 Å². The van der Waals surface area contributed by atoms with E-state index in [2.05, 4.69) is 15.4 Å². The first-order valence-corrected chi connectivity index (χ1v) is 11.3. The predicted octanol–water partition coefficient (Wildman–Crippen LogP) is 4.05. The molecule has 0 unspecified atom stereocenters. The third kappa shape index (κ3) is 4.99. The van der Waals surface area contributed by atoms with Crippen LogP contribution < -0.4 is 16.8 Å². The molecule has 0 bridgehead atoms. The van der Waals surface area contributed by atoms with Crippen LogP contribution in [0.2, 0.25) is 0 Å². The molecule has 5 N–H and O–H groups in total. The molecule has 35 heavy (non-hydrogen) atoms. The Bertz CT molecular complexity index is 1230. The van der Waals surface area contributed by atoms with Crippen molar-refractivity contribution in [3.05, 3.63) is 47.2 Å². The number of alkyl halides is 4. The standard InChI is InChI=1S/C21H21F5N6O2S/c1-32-17(14-6-5-12(27)11(23)8-34-14)13(7-29-32)30-19(33)16-18(28)35-20(31-16)9-3-2-4-10(22)15(9)21(24,25)26/h2-4,7,11-12,14H,5-6,8,27-28H2,1H3,(H,30,33)/t11-,12+,14-/m0/s1. The van der Waals surface area contributed by atoms with Gasteiger partial charge in [-0.05, 0) is 18.9 Å². The summed E-state index contributed by atoms with van der Waals surface area (Å²) in [5.41, 5.74) is 10.0. The summed E-state index contributed by atoms with van der Waals surface area (Å²) in [5, 5.41) is 6.28. The van der Waals surface area contributed by atoms with Crippen molar-refractivity contribution in [1.82, 2.24) is 14.8 Å². The van der Waals surface area contributed by atoms with Crippen LogP contribution in [-0.2, 0) is 18.0 Å². The molecular weight excluding hydrogens is 495 g/mol. The lowest BCUT2D eigenvalue weighted by molar-refractivity contribution is -0.139. The van der Waals surface area contributed by atoms with Crippen molar-refractivity contribution in [2.45, 2.75) is 37.3 Å². The minimum Gasteiger partial charge on any atom is -0.389 e. The van der Waals surface area contributed by atoms with E-state index in [1.54, 1.807) is 7.05 Å². The Morgan fingerprint density at radius 1 is 1.31 bits per heavy atom. The van der Waals surface area contributed by atoms with Gasteiger partial charge in [0.05, 0.1) is 24.2 Å². The zero-order valence-electron chi connectivity index (χ0n) is 18.3. The number of benzene rings is 1. The Morgan fingerprint density at radius 2 is 2.06 bits per heavy atom. The van der Waals surface area contributed by atoms with Gasteiger partial charge in [-0.3, -0.25) is 9.48 Å². The fourth-order valence-corrected chi connectivity index (χ4v) is 4.72. The molecule has 1 amide bonds. The fraction of sp³-hybridized carbons (Fsp3) is 0.381. The van der Waals surface area contributed by atoms with Crippen molar-refractivity contribution in [2.75, 3.05) is 17.7 Å². The largest absolute Gasteiger partial charge is 0.419 e. The van der Waals surface area contributed by atoms with Gasteiger partial charge in [-0.15, -0.1) is 0 Å². The summed E-state index contributed by atoms with van der Waals surface area (Å²) in [7, 11) is 1.62. The second kappa shape index (κ2) is 9.51. The number of halogens is 5. The second-order valence-corrected chi connectivity index (χ2v) is 9.02. The number of anilines is 2. The smallest absolute Gasteiger partial charge is 0.389 e. The van der Waals surface area contributed by atoms with Crippen LogP contribution in [0.1, 0.15) is 40.7 Å². The van der Waals surface area contributed by atoms with Gasteiger partial charge < -0.3 is 21.5 Å². The maximum absolute atomic E-state index is 14.0. The number of thiazole rings is 1. The van der Waals surface area contributed by atoms with E-state index >= 15 is 0 Å². The Labute approximate surface area is 200 Å². The van der Waals surface area contributed by atoms with E-state index < -0.39 is 47.3 Å². The van der Waals surface area contributed by atoms with Crippen molar-refractivity contribution in [3.63, 3.8) is 0 Å². The van der Waals surface area contributed by atoms with Gasteiger partial charge in [0.2, 0.25) is 0 Å². The number of nitrogens with two attached hydrogens (primary N) is 2. The molecule has 1 fully saturated rings. The van der Waals surface area contributed by atoms with Crippen LogP contribution in [0.15, 0.2) is 24.4 Å². The Kier molecular flexibility index (Phi) is 6.79. The highest BCUT2D eigenvalue weighted by Crippen LogP contribution is 2.41. The van der Waals surface area contributed by atoms with Gasteiger partial charge in [0, 0.05) is 18.7 Å². The van der Waals surface area contributed by atoms with Crippen molar-refractivity contribution in [2.24, 2.45) is 12.8 Å². The summed E-state index contributed by atoms with van der Waals surface area (Å²) in [4.78, 5) is 16.9. The molecule has 188 valence electrons. The molecule has 14 heteroatoms. The van der Waals surface area contributed by atoms with Gasteiger partial charge in [-0.25, -0.2) is 13.8 Å². The monoisotopic (exact) mass is 516 g/mol. The molecule has 4 rings (SSSR count). The SMILES string of the molecule is Cn1ncc(NC(=O)c2nc(-c3cccc(F)c3C(F)(F)F)sc2N)c1[C@@H]1CC[C@@H](N)[C@@H](F)CO1. The molecule has 0 spiro atoms. The zero-order valence-corrected chi connectivity index (χ0v) is 19.1. The summed E-state index contributed by atoms with van der Waals surface area (Å²) in [6.07, 6.45) is -4.83. The first kappa shape index (κ1) is 25.0. The number of amides is 1. The first-order valence-electron chi connectivity index (χ1n) is 10.4. The van der Waals surface area contributed by atoms with E-state index in [9.17, 15) is 26.7 Å². The lowest BCUT2D eigenvalue weighted by atomic mass is 10.0. The molecule has 3 atom stereocenters. The van der Waals surface area contributed by atoms with Crippen molar-refractivity contribution in [3.8, 4) is 10.6 Å². The molecule has 2 aromatic heterocycles. The first-order chi connectivity index (χ1) is 16.5. The van der Waals surface area contributed by atoms with Crippen molar-refractivity contribution in [1.29, 1.82) is 0 Å². The zero-order chi connectivity index (χ0) is 25.5. The Morgan fingerprint density at radius 3 is 2.77 bits per heavy atom. The fourth-order valence-electron chi connectivity index (χ4n) is 3.86. The van der Waals surface area contributed by atoms with Crippen LogP contribution in [0.4, 0.5) is 32.6 Å². The van der Waals surface area contributed by atoms with Crippen LogP contribution >= 0.6 is 11.3 Å². The van der Waals surface area contributed by atoms with Crippen molar-refractivity contribution < 1.29 is 31.5 Å². The number of carbonyl (C=O) groups is 1. The number of nitrogens with one attached hydrogen (secondary N) is 1. The van der Waals surface area contributed by atoms with Gasteiger partial charge in [0.1, 0.15) is 33.7 Å². The van der Waals surface area contributed by atoms with E-state index in [0.29, 0.717) is 35.9 Å². The van der Waals surface area contributed by atoms with Crippen LogP contribution in [0.3, 0.4) is 0 Å². The van der Waals surface area contributed by atoms with E-state index in [4.69, 9.17) is 16.2 Å². The summed E-state index contributed by atoms with van der Waals surface area (Å²) >= 11 is 0.624. The number of hydrogen-bond donors (Lipinski definition) is 3. The molecule has 1 aliphatic rings. The summed E-state index contributed by atoms with van der Waals surface area (Å²) in [6, 6.07) is 2.18. The van der Waals surface area contributed by atoms with Gasteiger partial charge in [0.25, 0.3) is 5.91 Å². The number of aryl methyl sites for hydroxylation is 1. The third-order valence-corrected chi connectivity index (χ3v) is 6.53. The highest BCUT2D eigenvalue weighted by molar-refractivity contribution is 7.19. The molecule has 1 aliphatic heterocycles. The lowest BCUT2D eigenvalue weighted by Crippen LogP contribution is -2.32. The van der Waals surface area contributed by atoms with E-state index in [-0.39, 0.29) is 28.0 Å². The number of nitrogens with zero attached hydrogens (tertiary/aromatic N) is 3. The average Bonchev–Trinajstić information content (AvgIpc) is 3.30. The van der Waals surface area contributed by atoms with Gasteiger partial charge in [0.15, 0.2) is 5.69 Å². The van der Waals surface area contributed by atoms with Crippen LogP contribution in [0, 0.1) is 5.82 Å². The van der Waals surface area contributed by atoms with Gasteiger partial charge >= 0.3 is 6.18 Å². The van der Waals surface area contributed by atoms with Crippen LogP contribution in [0.25, 0.3) is 10.6 Å². The molecule has 0 saturated carbocycles. The second-order valence-electron chi connectivity index (χ2n) is 7.99. The Hall–Kier alpha value is -3.10. The van der Waals surface area contributed by atoms with Gasteiger partial charge in [-0.2, -0.15) is 18.3 Å². The summed E-state index contributed by atoms with van der Waals surface area (Å²) < 4.78 is 75.3. The highest BCUT2D eigenvalue weighted by Gasteiger charge is 2.38. The van der Waals surface area contributed by atoms with Crippen molar-refractivity contribution >= 4 is 27.9 Å². The number of nitrogen functional groups attached to an aromatic ring is 1. The van der Waals surface area contributed by atoms with E-state index in [1.807, 2.05) is 0 Å². The predicted molar refractivity (Wildman–Crippen MR) is 119 cm³/mol. The van der Waals surface area contributed by atoms with E-state index in [1.165, 1.54) is 10.9 Å².